The van der Waals surface area contributed by atoms with Crippen LogP contribution in [0.3, 0.4) is 0 Å². The third-order valence-corrected chi connectivity index (χ3v) is 1.30. The molecular formula is C5H11O3P. The van der Waals surface area contributed by atoms with E-state index in [1.807, 2.05) is 13.8 Å². The lowest BCUT2D eigenvalue weighted by atomic mass is 10.1. The molecule has 0 bridgehead atoms. The van der Waals surface area contributed by atoms with Crippen LogP contribution in [0.4, 0.5) is 0 Å². The molecular weight excluding hydrogens is 139 g/mol. The van der Waals surface area contributed by atoms with Crippen molar-refractivity contribution < 1.29 is 14.8 Å². The largest absolute Gasteiger partial charge is 0.356 e. The summed E-state index contributed by atoms with van der Waals surface area (Å²) in [7, 11) is -0.623. The Labute approximate surface area is 55.9 Å². The highest BCUT2D eigenvalue weighted by molar-refractivity contribution is 7.25. The highest BCUT2D eigenvalue weighted by Gasteiger charge is 2.24. The van der Waals surface area contributed by atoms with E-state index >= 15 is 0 Å². The van der Waals surface area contributed by atoms with Crippen molar-refractivity contribution >= 4 is 8.46 Å². The van der Waals surface area contributed by atoms with Gasteiger partial charge in [0, 0.05) is 6.42 Å². The van der Waals surface area contributed by atoms with Crippen molar-refractivity contribution in [1.82, 2.24) is 0 Å². The number of rotatable bonds is 3. The highest BCUT2D eigenvalue weighted by atomic mass is 31.1. The number of aliphatic hydroxyl groups is 2. The molecule has 0 spiro atoms. The minimum absolute atomic E-state index is 0.137. The first kappa shape index (κ1) is 9.02. The first-order valence-corrected chi connectivity index (χ1v) is 3.58. The third kappa shape index (κ3) is 4.52. The molecule has 0 unspecified atom stereocenters. The SMILES string of the molecule is CC(C)CC(O)(O)P=O. The van der Waals surface area contributed by atoms with E-state index in [2.05, 4.69) is 0 Å². The van der Waals surface area contributed by atoms with Gasteiger partial charge in [-0.3, -0.25) is 4.57 Å². The van der Waals surface area contributed by atoms with E-state index in [0.717, 1.165) is 0 Å². The van der Waals surface area contributed by atoms with Crippen molar-refractivity contribution in [2.45, 2.75) is 25.8 Å². The van der Waals surface area contributed by atoms with E-state index in [0.29, 0.717) is 0 Å². The fraction of sp³-hybridized carbons (Fsp3) is 1.00. The van der Waals surface area contributed by atoms with Gasteiger partial charge in [0.2, 0.25) is 14.0 Å². The monoisotopic (exact) mass is 150 g/mol. The molecule has 0 aliphatic rings. The first-order chi connectivity index (χ1) is 3.98. The molecule has 0 aliphatic carbocycles. The minimum Gasteiger partial charge on any atom is -0.356 e. The molecule has 0 aromatic heterocycles. The Balaban J connectivity index is 3.71. The van der Waals surface area contributed by atoms with Crippen molar-refractivity contribution in [3.8, 4) is 0 Å². The van der Waals surface area contributed by atoms with Gasteiger partial charge >= 0.3 is 0 Å². The summed E-state index contributed by atoms with van der Waals surface area (Å²) in [5.74, 6) is 0.140. The van der Waals surface area contributed by atoms with Gasteiger partial charge < -0.3 is 10.2 Å². The van der Waals surface area contributed by atoms with Crippen LogP contribution >= 0.6 is 8.46 Å². The van der Waals surface area contributed by atoms with Crippen molar-refractivity contribution in [1.29, 1.82) is 0 Å². The van der Waals surface area contributed by atoms with E-state index in [1.165, 1.54) is 0 Å². The molecule has 0 amide bonds. The predicted molar refractivity (Wildman–Crippen MR) is 34.2 cm³/mol. The van der Waals surface area contributed by atoms with Crippen LogP contribution in [0.1, 0.15) is 20.3 Å². The second kappa shape index (κ2) is 3.25. The van der Waals surface area contributed by atoms with Crippen molar-refractivity contribution in [2.24, 2.45) is 5.92 Å². The van der Waals surface area contributed by atoms with Gasteiger partial charge in [0.05, 0.1) is 0 Å². The maximum absolute atomic E-state index is 9.96. The molecule has 0 heterocycles. The molecule has 0 saturated carbocycles. The Morgan fingerprint density at radius 2 is 2.00 bits per heavy atom. The van der Waals surface area contributed by atoms with Crippen LogP contribution in [0.2, 0.25) is 0 Å². The Morgan fingerprint density at radius 1 is 1.56 bits per heavy atom. The zero-order valence-corrected chi connectivity index (χ0v) is 6.43. The van der Waals surface area contributed by atoms with E-state index in [4.69, 9.17) is 10.2 Å². The standard InChI is InChI=1S/C5H11O3P/c1-4(2)3-5(6,7)9-8/h4,6-7H,3H2,1-2H3. The van der Waals surface area contributed by atoms with Gasteiger partial charge in [-0.25, -0.2) is 0 Å². The van der Waals surface area contributed by atoms with Gasteiger partial charge in [0.25, 0.3) is 0 Å². The van der Waals surface area contributed by atoms with E-state index in [-0.39, 0.29) is 12.3 Å². The molecule has 0 rings (SSSR count). The summed E-state index contributed by atoms with van der Waals surface area (Å²) in [5.41, 5.74) is -2.02. The van der Waals surface area contributed by atoms with Crippen molar-refractivity contribution in [2.75, 3.05) is 0 Å². The lowest BCUT2D eigenvalue weighted by Gasteiger charge is -2.14. The van der Waals surface area contributed by atoms with E-state index in [9.17, 15) is 4.57 Å². The molecule has 0 saturated heterocycles. The second-order valence-electron chi connectivity index (χ2n) is 2.46. The van der Waals surface area contributed by atoms with Crippen LogP contribution in [0.5, 0.6) is 0 Å². The van der Waals surface area contributed by atoms with E-state index < -0.39 is 14.0 Å². The van der Waals surface area contributed by atoms with Crippen LogP contribution in [0.25, 0.3) is 0 Å². The lowest BCUT2D eigenvalue weighted by molar-refractivity contribution is -0.0938. The van der Waals surface area contributed by atoms with Crippen LogP contribution in [0.15, 0.2) is 0 Å². The summed E-state index contributed by atoms with van der Waals surface area (Å²) >= 11 is 0. The molecule has 2 N–H and O–H groups in total. The van der Waals surface area contributed by atoms with Gasteiger partial charge in [-0.15, -0.1) is 0 Å². The Kier molecular flexibility index (Phi) is 3.26. The maximum Gasteiger partial charge on any atom is 0.246 e. The predicted octanol–water partition coefficient (Wildman–Crippen LogP) is 0.963. The van der Waals surface area contributed by atoms with Crippen molar-refractivity contribution in [3.05, 3.63) is 0 Å². The van der Waals surface area contributed by atoms with Crippen LogP contribution < -0.4 is 0 Å². The Hall–Kier alpha value is 0.0200. The summed E-state index contributed by atoms with van der Waals surface area (Å²) in [5, 5.41) is 17.4. The second-order valence-corrected chi connectivity index (χ2v) is 3.36. The molecule has 0 radical (unpaired) electrons. The zero-order chi connectivity index (χ0) is 7.49. The molecule has 0 aromatic rings. The van der Waals surface area contributed by atoms with E-state index in [1.54, 1.807) is 0 Å². The summed E-state index contributed by atoms with van der Waals surface area (Å²) in [4.78, 5) is 0. The van der Waals surface area contributed by atoms with Gasteiger partial charge in [-0.1, -0.05) is 13.8 Å². The van der Waals surface area contributed by atoms with Crippen LogP contribution in [0, 0.1) is 5.92 Å². The smallest absolute Gasteiger partial charge is 0.246 e. The maximum atomic E-state index is 9.96. The normalized spacial score (nSPS) is 13.0. The molecule has 54 valence electrons. The fourth-order valence-electron chi connectivity index (χ4n) is 0.585. The van der Waals surface area contributed by atoms with Gasteiger partial charge in [0.15, 0.2) is 0 Å². The topological polar surface area (TPSA) is 57.5 Å². The van der Waals surface area contributed by atoms with Gasteiger partial charge in [-0.05, 0) is 5.92 Å². The molecule has 0 fully saturated rings. The average molecular weight is 150 g/mol. The van der Waals surface area contributed by atoms with Gasteiger partial charge in [0.1, 0.15) is 0 Å². The molecule has 3 nitrogen and oxygen atoms in total. The lowest BCUT2D eigenvalue weighted by Crippen LogP contribution is -2.21. The molecule has 0 aromatic carbocycles. The Bertz CT molecular complexity index is 100. The summed E-state index contributed by atoms with van der Waals surface area (Å²) in [6, 6.07) is 0. The number of hydrogen-bond acceptors (Lipinski definition) is 3. The number of hydrogen-bond donors (Lipinski definition) is 2. The molecule has 0 atom stereocenters. The van der Waals surface area contributed by atoms with Crippen molar-refractivity contribution in [3.63, 3.8) is 0 Å². The Morgan fingerprint density at radius 3 is 2.11 bits per heavy atom. The van der Waals surface area contributed by atoms with Crippen LogP contribution in [-0.2, 0) is 4.57 Å². The molecule has 9 heavy (non-hydrogen) atoms. The summed E-state index contributed by atoms with van der Waals surface area (Å²) in [6.45, 7) is 3.65. The highest BCUT2D eigenvalue weighted by Crippen LogP contribution is 2.23. The quantitative estimate of drug-likeness (QED) is 0.465. The van der Waals surface area contributed by atoms with Crippen LogP contribution in [-0.4, -0.2) is 15.7 Å². The summed E-state index contributed by atoms with van der Waals surface area (Å²) in [6.07, 6.45) is 0.137. The first-order valence-electron chi connectivity index (χ1n) is 2.77. The average Bonchev–Trinajstić information content (AvgIpc) is 1.63. The zero-order valence-electron chi connectivity index (χ0n) is 5.53. The third-order valence-electron chi connectivity index (χ3n) is 0.828. The molecule has 0 aliphatic heterocycles. The minimum atomic E-state index is -2.02. The molecule has 4 heteroatoms. The van der Waals surface area contributed by atoms with Gasteiger partial charge in [-0.2, -0.15) is 0 Å². The fourth-order valence-corrected chi connectivity index (χ4v) is 1.02. The summed E-state index contributed by atoms with van der Waals surface area (Å²) < 4.78 is 9.96.